The van der Waals surface area contributed by atoms with Crippen molar-refractivity contribution in [2.45, 2.75) is 25.4 Å². The average Bonchev–Trinajstić information content (AvgIpc) is 2.94. The Hall–Kier alpha value is -4.26. The quantitative estimate of drug-likeness (QED) is 0.467. The van der Waals surface area contributed by atoms with Crippen molar-refractivity contribution in [2.75, 3.05) is 18.4 Å². The Kier molecular flexibility index (Phi) is 5.81. The summed E-state index contributed by atoms with van der Waals surface area (Å²) in [5, 5.41) is 3.33. The standard InChI is InChI=1S/C29H27N5O2/c35-28(25-6-2-4-14-31-25)33-17-21-15-23(19-33)27-12-11-26(29(36)34(27)18-21)32-16-20-7-9-22(10-8-20)24-5-1-3-13-30-24/h1-14,21,23,32H,15-19H2/t21-,23-/m1/s1. The molecule has 36 heavy (non-hydrogen) atoms. The summed E-state index contributed by atoms with van der Waals surface area (Å²) in [4.78, 5) is 36.8. The first-order valence-corrected chi connectivity index (χ1v) is 12.3. The van der Waals surface area contributed by atoms with E-state index in [0.717, 1.165) is 28.9 Å². The maximum Gasteiger partial charge on any atom is 0.274 e. The fourth-order valence-electron chi connectivity index (χ4n) is 5.42. The normalized spacial score (nSPS) is 18.4. The number of amides is 1. The topological polar surface area (TPSA) is 80.1 Å². The van der Waals surface area contributed by atoms with Gasteiger partial charge >= 0.3 is 0 Å². The summed E-state index contributed by atoms with van der Waals surface area (Å²) in [7, 11) is 0. The van der Waals surface area contributed by atoms with Crippen molar-refractivity contribution in [2.24, 2.45) is 5.92 Å². The molecule has 1 amide bonds. The second-order valence-electron chi connectivity index (χ2n) is 9.58. The first kappa shape index (κ1) is 22.2. The highest BCUT2D eigenvalue weighted by molar-refractivity contribution is 5.92. The molecular formula is C29H27N5O2. The van der Waals surface area contributed by atoms with Gasteiger partial charge in [-0.2, -0.15) is 0 Å². The summed E-state index contributed by atoms with van der Waals surface area (Å²) in [5.41, 5.74) is 5.21. The molecule has 6 rings (SSSR count). The maximum atomic E-state index is 13.3. The number of nitrogens with one attached hydrogen (secondary N) is 1. The monoisotopic (exact) mass is 477 g/mol. The Morgan fingerprint density at radius 3 is 2.44 bits per heavy atom. The van der Waals surface area contributed by atoms with Gasteiger partial charge in [0.05, 0.1) is 5.69 Å². The zero-order valence-electron chi connectivity index (χ0n) is 19.9. The van der Waals surface area contributed by atoms with Gasteiger partial charge in [0.15, 0.2) is 0 Å². The number of aromatic nitrogens is 3. The first-order chi connectivity index (χ1) is 17.7. The largest absolute Gasteiger partial charge is 0.377 e. The summed E-state index contributed by atoms with van der Waals surface area (Å²) in [6, 6.07) is 23.4. The summed E-state index contributed by atoms with van der Waals surface area (Å²) in [6.45, 7) is 2.46. The van der Waals surface area contributed by atoms with Crippen molar-refractivity contribution < 1.29 is 4.79 Å². The smallest absolute Gasteiger partial charge is 0.274 e. The van der Waals surface area contributed by atoms with E-state index >= 15 is 0 Å². The van der Waals surface area contributed by atoms with E-state index in [4.69, 9.17) is 0 Å². The molecule has 1 N–H and O–H groups in total. The minimum Gasteiger partial charge on any atom is -0.377 e. The fourth-order valence-corrected chi connectivity index (χ4v) is 5.42. The van der Waals surface area contributed by atoms with Crippen molar-refractivity contribution in [1.29, 1.82) is 0 Å². The van der Waals surface area contributed by atoms with E-state index in [0.29, 0.717) is 37.6 Å². The van der Waals surface area contributed by atoms with E-state index in [9.17, 15) is 9.59 Å². The number of nitrogens with zero attached hydrogens (tertiary/aromatic N) is 4. The molecule has 1 saturated heterocycles. The second kappa shape index (κ2) is 9.41. The zero-order valence-corrected chi connectivity index (χ0v) is 19.9. The van der Waals surface area contributed by atoms with Crippen molar-refractivity contribution >= 4 is 11.6 Å². The van der Waals surface area contributed by atoms with Crippen LogP contribution in [0.2, 0.25) is 0 Å². The van der Waals surface area contributed by atoms with Crippen LogP contribution in [0.1, 0.15) is 34.1 Å². The molecular weight excluding hydrogens is 450 g/mol. The molecule has 180 valence electrons. The van der Waals surface area contributed by atoms with Gasteiger partial charge in [0.1, 0.15) is 11.4 Å². The van der Waals surface area contributed by atoms with Gasteiger partial charge in [-0.25, -0.2) is 0 Å². The van der Waals surface area contributed by atoms with Crippen LogP contribution in [0.4, 0.5) is 5.69 Å². The molecule has 2 aliphatic rings. The van der Waals surface area contributed by atoms with Crippen LogP contribution in [0.3, 0.4) is 0 Å². The van der Waals surface area contributed by atoms with Crippen LogP contribution in [-0.2, 0) is 13.1 Å². The van der Waals surface area contributed by atoms with Crippen LogP contribution in [0.25, 0.3) is 11.3 Å². The van der Waals surface area contributed by atoms with Gasteiger partial charge in [0, 0.05) is 55.7 Å². The van der Waals surface area contributed by atoms with Gasteiger partial charge in [-0.15, -0.1) is 0 Å². The molecule has 7 nitrogen and oxygen atoms in total. The average molecular weight is 478 g/mol. The van der Waals surface area contributed by atoms with Gasteiger partial charge in [-0.1, -0.05) is 36.4 Å². The molecule has 0 radical (unpaired) electrons. The molecule has 0 spiro atoms. The second-order valence-corrected chi connectivity index (χ2v) is 9.58. The maximum absolute atomic E-state index is 13.3. The molecule has 0 aliphatic carbocycles. The highest BCUT2D eigenvalue weighted by Crippen LogP contribution is 2.36. The van der Waals surface area contributed by atoms with E-state index in [2.05, 4.69) is 39.6 Å². The number of likely N-dealkylation sites (tertiary alicyclic amines) is 1. The van der Waals surface area contributed by atoms with Crippen molar-refractivity contribution in [3.8, 4) is 11.3 Å². The third-order valence-corrected chi connectivity index (χ3v) is 7.17. The highest BCUT2D eigenvalue weighted by Gasteiger charge is 2.37. The van der Waals surface area contributed by atoms with Crippen molar-refractivity contribution in [3.63, 3.8) is 0 Å². The highest BCUT2D eigenvalue weighted by atomic mass is 16.2. The van der Waals surface area contributed by atoms with Crippen LogP contribution in [0.5, 0.6) is 0 Å². The first-order valence-electron chi connectivity index (χ1n) is 12.3. The van der Waals surface area contributed by atoms with E-state index in [-0.39, 0.29) is 23.3 Å². The zero-order chi connectivity index (χ0) is 24.5. The minimum atomic E-state index is -0.0338. The number of pyridine rings is 3. The Morgan fingerprint density at radius 2 is 1.69 bits per heavy atom. The number of benzene rings is 1. The Morgan fingerprint density at radius 1 is 0.889 bits per heavy atom. The van der Waals surface area contributed by atoms with Crippen LogP contribution >= 0.6 is 0 Å². The Bertz CT molecular complexity index is 1430. The van der Waals surface area contributed by atoms with E-state index in [1.807, 2.05) is 51.9 Å². The number of hydrogen-bond donors (Lipinski definition) is 1. The molecule has 2 bridgehead atoms. The van der Waals surface area contributed by atoms with Crippen LogP contribution < -0.4 is 10.9 Å². The lowest BCUT2D eigenvalue weighted by molar-refractivity contribution is 0.0589. The lowest BCUT2D eigenvalue weighted by Gasteiger charge is -2.42. The van der Waals surface area contributed by atoms with Gasteiger partial charge < -0.3 is 14.8 Å². The predicted octanol–water partition coefficient (Wildman–Crippen LogP) is 4.18. The molecule has 0 saturated carbocycles. The molecule has 1 fully saturated rings. The van der Waals surface area contributed by atoms with Gasteiger partial charge in [-0.3, -0.25) is 19.6 Å². The molecule has 0 unspecified atom stereocenters. The third kappa shape index (κ3) is 4.28. The fraction of sp³-hybridized carbons (Fsp3) is 0.241. The van der Waals surface area contributed by atoms with Gasteiger partial charge in [-0.05, 0) is 54.3 Å². The van der Waals surface area contributed by atoms with E-state index < -0.39 is 0 Å². The number of hydrogen-bond acceptors (Lipinski definition) is 5. The lowest BCUT2D eigenvalue weighted by atomic mass is 9.83. The Balaban J connectivity index is 1.16. The van der Waals surface area contributed by atoms with Crippen molar-refractivity contribution in [1.82, 2.24) is 19.4 Å². The van der Waals surface area contributed by atoms with E-state index in [1.165, 1.54) is 0 Å². The van der Waals surface area contributed by atoms with Crippen LogP contribution in [0.15, 0.2) is 90.0 Å². The molecule has 3 aromatic heterocycles. The molecule has 7 heteroatoms. The SMILES string of the molecule is O=C(c1ccccn1)N1C[C@H]2C[C@H](C1)c1ccc(NCc3ccc(-c4ccccn4)cc3)c(=O)n1C2. The minimum absolute atomic E-state index is 0.0109. The summed E-state index contributed by atoms with van der Waals surface area (Å²) < 4.78 is 1.91. The number of carbonyl (C=O) groups is 1. The molecule has 1 aromatic carbocycles. The van der Waals surface area contributed by atoms with Crippen LogP contribution in [-0.4, -0.2) is 38.4 Å². The van der Waals surface area contributed by atoms with E-state index in [1.54, 1.807) is 18.5 Å². The summed E-state index contributed by atoms with van der Waals surface area (Å²) in [6.07, 6.45) is 4.44. The number of rotatable bonds is 5. The van der Waals surface area contributed by atoms with Crippen molar-refractivity contribution in [3.05, 3.63) is 112 Å². The predicted molar refractivity (Wildman–Crippen MR) is 139 cm³/mol. The summed E-state index contributed by atoms with van der Waals surface area (Å²) in [5.74, 6) is 0.385. The van der Waals surface area contributed by atoms with Crippen LogP contribution in [0, 0.1) is 5.92 Å². The number of fused-ring (bicyclic) bond motifs is 4. The molecule has 4 aromatic rings. The molecule has 5 heterocycles. The lowest BCUT2D eigenvalue weighted by Crippen LogP contribution is -2.49. The third-order valence-electron chi connectivity index (χ3n) is 7.17. The number of carbonyl (C=O) groups excluding carboxylic acids is 1. The molecule has 2 aliphatic heterocycles. The van der Waals surface area contributed by atoms with Gasteiger partial charge in [0.2, 0.25) is 0 Å². The molecule has 2 atom stereocenters. The van der Waals surface area contributed by atoms with Gasteiger partial charge in [0.25, 0.3) is 11.5 Å². The Labute approximate surface area is 209 Å². The summed E-state index contributed by atoms with van der Waals surface area (Å²) >= 11 is 0. The number of piperidine rings is 1. The number of anilines is 1.